The van der Waals surface area contributed by atoms with Crippen LogP contribution >= 0.6 is 24.8 Å². The normalized spacial score (nSPS) is 12.3. The van der Waals surface area contributed by atoms with Gasteiger partial charge in [-0.2, -0.15) is 0 Å². The van der Waals surface area contributed by atoms with Gasteiger partial charge in [0.15, 0.2) is 11.6 Å². The van der Waals surface area contributed by atoms with Crippen molar-refractivity contribution >= 4 is 36.4 Å². The third-order valence-corrected chi connectivity index (χ3v) is 5.68. The number of hydrogen-bond acceptors (Lipinski definition) is 6. The minimum Gasteiger partial charge on any atom is -0.494 e. The molecule has 0 aromatic heterocycles. The van der Waals surface area contributed by atoms with Crippen molar-refractivity contribution in [2.24, 2.45) is 11.8 Å². The summed E-state index contributed by atoms with van der Waals surface area (Å²) in [5.41, 5.74) is 1.36. The van der Waals surface area contributed by atoms with Crippen LogP contribution in [0.1, 0.15) is 47.4 Å². The van der Waals surface area contributed by atoms with Crippen LogP contribution in [0.15, 0.2) is 48.5 Å². The Balaban J connectivity index is 0.00000612. The summed E-state index contributed by atoms with van der Waals surface area (Å²) in [5.74, 6) is 1.35. The number of nitrogens with zero attached hydrogens (tertiary/aromatic N) is 2. The van der Waals surface area contributed by atoms with Gasteiger partial charge in [-0.05, 0) is 103 Å². The van der Waals surface area contributed by atoms with E-state index >= 15 is 0 Å². The first-order valence-electron chi connectivity index (χ1n) is 12.1. The Labute approximate surface area is 229 Å². The van der Waals surface area contributed by atoms with Gasteiger partial charge in [-0.1, -0.05) is 0 Å². The van der Waals surface area contributed by atoms with Gasteiger partial charge in [0, 0.05) is 36.1 Å². The topological polar surface area (TPSA) is 59.1 Å². The molecule has 0 N–H and O–H groups in total. The average Bonchev–Trinajstić information content (AvgIpc) is 2.81. The van der Waals surface area contributed by atoms with Crippen LogP contribution in [-0.4, -0.2) is 75.9 Å². The van der Waals surface area contributed by atoms with Crippen molar-refractivity contribution in [3.63, 3.8) is 0 Å². The van der Waals surface area contributed by atoms with Gasteiger partial charge in [-0.3, -0.25) is 9.59 Å². The largest absolute Gasteiger partial charge is 0.494 e. The molecular weight excluding hydrogens is 499 g/mol. The number of halogens is 2. The molecule has 2 unspecified atom stereocenters. The summed E-state index contributed by atoms with van der Waals surface area (Å²) in [6, 6.07) is 14.7. The molecule has 0 radical (unpaired) electrons. The van der Waals surface area contributed by atoms with Crippen LogP contribution < -0.4 is 9.47 Å². The molecule has 0 aliphatic carbocycles. The van der Waals surface area contributed by atoms with Crippen molar-refractivity contribution in [1.82, 2.24) is 9.80 Å². The molecule has 0 aliphatic heterocycles. The first-order chi connectivity index (χ1) is 16.2. The molecule has 0 heterocycles. The molecule has 8 heteroatoms. The Morgan fingerprint density at radius 3 is 1.19 bits per heavy atom. The lowest BCUT2D eigenvalue weighted by Crippen LogP contribution is -2.32. The maximum Gasteiger partial charge on any atom is 0.167 e. The fourth-order valence-electron chi connectivity index (χ4n) is 4.13. The van der Waals surface area contributed by atoms with E-state index < -0.39 is 0 Å². The summed E-state index contributed by atoms with van der Waals surface area (Å²) in [6.45, 7) is 6.32. The molecular formula is C28H42Cl2N2O4. The fourth-order valence-corrected chi connectivity index (χ4v) is 4.13. The van der Waals surface area contributed by atoms with Gasteiger partial charge < -0.3 is 19.3 Å². The monoisotopic (exact) mass is 540 g/mol. The van der Waals surface area contributed by atoms with E-state index in [4.69, 9.17) is 9.47 Å². The lowest BCUT2D eigenvalue weighted by Gasteiger charge is -2.24. The smallest absolute Gasteiger partial charge is 0.167 e. The molecule has 2 aromatic carbocycles. The Kier molecular flexibility index (Phi) is 16.3. The van der Waals surface area contributed by atoms with E-state index in [0.29, 0.717) is 50.3 Å². The predicted octanol–water partition coefficient (Wildman–Crippen LogP) is 5.53. The Bertz CT molecular complexity index is 827. The summed E-state index contributed by atoms with van der Waals surface area (Å²) < 4.78 is 11.0. The van der Waals surface area contributed by atoms with Gasteiger partial charge in [-0.15, -0.1) is 24.8 Å². The minimum atomic E-state index is -0.189. The van der Waals surface area contributed by atoms with Crippen LogP contribution in [0.5, 0.6) is 11.5 Å². The first-order valence-corrected chi connectivity index (χ1v) is 12.1. The number of benzene rings is 2. The highest BCUT2D eigenvalue weighted by Crippen LogP contribution is 2.24. The number of ether oxygens (including phenoxy) is 2. The molecule has 0 aliphatic rings. The third-order valence-electron chi connectivity index (χ3n) is 5.68. The summed E-state index contributed by atoms with van der Waals surface area (Å²) in [7, 11) is 7.89. The Hall–Kier alpha value is -2.12. The van der Waals surface area contributed by atoms with E-state index in [0.717, 1.165) is 11.5 Å². The van der Waals surface area contributed by atoms with E-state index in [1.165, 1.54) is 0 Å². The van der Waals surface area contributed by atoms with Crippen molar-refractivity contribution in [3.05, 3.63) is 59.7 Å². The molecule has 0 spiro atoms. The van der Waals surface area contributed by atoms with Crippen molar-refractivity contribution < 1.29 is 19.1 Å². The summed E-state index contributed by atoms with van der Waals surface area (Å²) in [6.07, 6.45) is 1.29. The summed E-state index contributed by atoms with van der Waals surface area (Å²) in [5, 5.41) is 0. The Morgan fingerprint density at radius 1 is 0.639 bits per heavy atom. The standard InChI is InChI=1S/C28H40N2O4.2ClH/c1-7-33-25-15-11-21(12-16-25)27(31)23(19-29(3)4)9-10-24(20-30(5)6)28(32)22-13-17-26(18-14-22)34-8-2;;/h11-18,23-24H,7-10,19-20H2,1-6H3;2*1H. The predicted molar refractivity (Wildman–Crippen MR) is 152 cm³/mol. The van der Waals surface area contributed by atoms with Gasteiger partial charge in [0.1, 0.15) is 11.5 Å². The van der Waals surface area contributed by atoms with E-state index in [-0.39, 0.29) is 48.2 Å². The van der Waals surface area contributed by atoms with E-state index in [1.54, 1.807) is 0 Å². The second kappa shape index (κ2) is 17.4. The number of rotatable bonds is 15. The molecule has 0 saturated heterocycles. The van der Waals surface area contributed by atoms with E-state index in [1.807, 2.05) is 100 Å². The third kappa shape index (κ3) is 10.9. The molecule has 2 rings (SSSR count). The van der Waals surface area contributed by atoms with Crippen LogP contribution in [0.25, 0.3) is 0 Å². The quantitative estimate of drug-likeness (QED) is 0.277. The summed E-state index contributed by atoms with van der Waals surface area (Å²) in [4.78, 5) is 30.8. The molecule has 6 nitrogen and oxygen atoms in total. The lowest BCUT2D eigenvalue weighted by atomic mass is 9.86. The highest BCUT2D eigenvalue weighted by atomic mass is 35.5. The number of hydrogen-bond donors (Lipinski definition) is 0. The minimum absolute atomic E-state index is 0. The first kappa shape index (κ1) is 33.9. The van der Waals surface area contributed by atoms with Crippen molar-refractivity contribution in [1.29, 1.82) is 0 Å². The molecule has 0 bridgehead atoms. The zero-order valence-electron chi connectivity index (χ0n) is 22.4. The molecule has 36 heavy (non-hydrogen) atoms. The van der Waals surface area contributed by atoms with Crippen LogP contribution in [0.4, 0.5) is 0 Å². The second-order valence-electron chi connectivity index (χ2n) is 9.14. The lowest BCUT2D eigenvalue weighted by molar-refractivity contribution is 0.0834. The SMILES string of the molecule is CCOc1ccc(C(=O)C(CCC(CN(C)C)C(=O)c2ccc(OCC)cc2)CN(C)C)cc1.Cl.Cl. The zero-order valence-corrected chi connectivity index (χ0v) is 24.0. The Morgan fingerprint density at radius 2 is 0.944 bits per heavy atom. The van der Waals surface area contributed by atoms with Crippen molar-refractivity contribution in [3.8, 4) is 11.5 Å². The van der Waals surface area contributed by atoms with Crippen LogP contribution in [-0.2, 0) is 0 Å². The van der Waals surface area contributed by atoms with Crippen LogP contribution in [0.2, 0.25) is 0 Å². The van der Waals surface area contributed by atoms with Crippen LogP contribution in [0.3, 0.4) is 0 Å². The van der Waals surface area contributed by atoms with Crippen LogP contribution in [0, 0.1) is 11.8 Å². The number of carbonyl (C=O) groups excluding carboxylic acids is 2. The molecule has 2 aromatic rings. The zero-order chi connectivity index (χ0) is 25.1. The number of ketones is 2. The number of Topliss-reactive ketones (excluding diaryl/α,β-unsaturated/α-hetero) is 2. The van der Waals surface area contributed by atoms with Gasteiger partial charge in [0.2, 0.25) is 0 Å². The molecule has 0 amide bonds. The second-order valence-corrected chi connectivity index (χ2v) is 9.14. The maximum atomic E-state index is 13.3. The number of carbonyl (C=O) groups is 2. The maximum absolute atomic E-state index is 13.3. The molecule has 202 valence electrons. The van der Waals surface area contributed by atoms with Crippen molar-refractivity contribution in [2.45, 2.75) is 26.7 Å². The van der Waals surface area contributed by atoms with Crippen molar-refractivity contribution in [2.75, 3.05) is 54.5 Å². The molecule has 2 atom stereocenters. The van der Waals surface area contributed by atoms with E-state index in [2.05, 4.69) is 0 Å². The van der Waals surface area contributed by atoms with Gasteiger partial charge >= 0.3 is 0 Å². The fraction of sp³-hybridized carbons (Fsp3) is 0.500. The van der Waals surface area contributed by atoms with Gasteiger partial charge in [-0.25, -0.2) is 0 Å². The molecule has 0 fully saturated rings. The van der Waals surface area contributed by atoms with Gasteiger partial charge in [0.25, 0.3) is 0 Å². The van der Waals surface area contributed by atoms with Gasteiger partial charge in [0.05, 0.1) is 13.2 Å². The summed E-state index contributed by atoms with van der Waals surface area (Å²) >= 11 is 0. The molecule has 0 saturated carbocycles. The highest BCUT2D eigenvalue weighted by Gasteiger charge is 2.26. The van der Waals surface area contributed by atoms with E-state index in [9.17, 15) is 9.59 Å². The average molecular weight is 542 g/mol. The highest BCUT2D eigenvalue weighted by molar-refractivity contribution is 5.99.